The van der Waals surface area contributed by atoms with Crippen LogP contribution < -0.4 is 10.6 Å². The molecule has 0 saturated heterocycles. The fraction of sp³-hybridized carbons (Fsp3) is 0.188. The summed E-state index contributed by atoms with van der Waals surface area (Å²) >= 11 is 18.1. The highest BCUT2D eigenvalue weighted by molar-refractivity contribution is 6.41. The van der Waals surface area contributed by atoms with Crippen molar-refractivity contribution in [2.45, 2.75) is 6.42 Å². The third-order valence-corrected chi connectivity index (χ3v) is 3.92. The molecule has 24 heavy (non-hydrogen) atoms. The van der Waals surface area contributed by atoms with Crippen molar-refractivity contribution in [2.24, 2.45) is 0 Å². The molecule has 0 aromatic heterocycles. The summed E-state index contributed by atoms with van der Waals surface area (Å²) in [5.74, 6) is -0.893. The Morgan fingerprint density at radius 2 is 1.79 bits per heavy atom. The van der Waals surface area contributed by atoms with E-state index in [2.05, 4.69) is 10.6 Å². The molecule has 0 aliphatic heterocycles. The molecule has 128 valence electrons. The normalized spacial score (nSPS) is 10.5. The van der Waals surface area contributed by atoms with Gasteiger partial charge in [-0.05, 0) is 35.9 Å². The lowest BCUT2D eigenvalue weighted by atomic mass is 10.1. The fourth-order valence-corrected chi connectivity index (χ4v) is 2.94. The van der Waals surface area contributed by atoms with Crippen LogP contribution in [0.1, 0.15) is 5.56 Å². The van der Waals surface area contributed by atoms with Gasteiger partial charge in [0.05, 0.1) is 28.8 Å². The van der Waals surface area contributed by atoms with Gasteiger partial charge in [0.1, 0.15) is 5.82 Å². The molecule has 0 saturated carbocycles. The average molecular weight is 392 g/mol. The minimum Gasteiger partial charge on any atom is -0.395 e. The number of carbonyl (C=O) groups is 1. The summed E-state index contributed by atoms with van der Waals surface area (Å²) < 4.78 is 13.9. The van der Waals surface area contributed by atoms with Gasteiger partial charge < -0.3 is 15.7 Å². The Balaban J connectivity index is 2.21. The van der Waals surface area contributed by atoms with Gasteiger partial charge in [-0.1, -0.05) is 34.8 Å². The van der Waals surface area contributed by atoms with Gasteiger partial charge in [-0.3, -0.25) is 4.79 Å². The Bertz CT molecular complexity index is 733. The number of benzene rings is 2. The van der Waals surface area contributed by atoms with Crippen molar-refractivity contribution in [1.29, 1.82) is 0 Å². The molecule has 2 rings (SSSR count). The van der Waals surface area contributed by atoms with E-state index in [4.69, 9.17) is 39.9 Å². The third-order valence-electron chi connectivity index (χ3n) is 3.11. The standard InChI is InChI=1S/C16H14Cl3FN2O2/c17-10-7-12(18)16(13(19)8-10)22-11-1-2-14(20)9(5-11)6-15(24)21-3-4-23/h1-2,5,7-8,22-23H,3-4,6H2,(H,21,24). The first-order chi connectivity index (χ1) is 11.4. The molecule has 0 heterocycles. The van der Waals surface area contributed by atoms with Crippen molar-refractivity contribution in [3.05, 3.63) is 56.8 Å². The molecule has 0 aliphatic carbocycles. The Labute approximate surface area is 153 Å². The number of hydrogen-bond acceptors (Lipinski definition) is 3. The van der Waals surface area contributed by atoms with Gasteiger partial charge in [-0.25, -0.2) is 4.39 Å². The van der Waals surface area contributed by atoms with Crippen molar-refractivity contribution < 1.29 is 14.3 Å². The van der Waals surface area contributed by atoms with Gasteiger partial charge in [0, 0.05) is 17.3 Å². The van der Waals surface area contributed by atoms with E-state index in [9.17, 15) is 9.18 Å². The average Bonchev–Trinajstić information content (AvgIpc) is 2.51. The first kappa shape index (κ1) is 18.8. The number of carbonyl (C=O) groups excluding carboxylic acids is 1. The van der Waals surface area contributed by atoms with Crippen molar-refractivity contribution in [2.75, 3.05) is 18.5 Å². The number of aliphatic hydroxyl groups excluding tert-OH is 1. The number of amides is 1. The van der Waals surface area contributed by atoms with Crippen LogP contribution in [0, 0.1) is 5.82 Å². The maximum atomic E-state index is 13.9. The predicted octanol–water partition coefficient (Wildman–Crippen LogP) is 4.18. The number of rotatable bonds is 6. The highest BCUT2D eigenvalue weighted by atomic mass is 35.5. The molecule has 0 bridgehead atoms. The second-order valence-corrected chi connectivity index (χ2v) is 6.18. The summed E-state index contributed by atoms with van der Waals surface area (Å²) in [6.45, 7) is -0.0578. The highest BCUT2D eigenvalue weighted by Gasteiger charge is 2.12. The summed E-state index contributed by atoms with van der Waals surface area (Å²) in [7, 11) is 0. The zero-order valence-electron chi connectivity index (χ0n) is 12.4. The van der Waals surface area contributed by atoms with Gasteiger partial charge in [0.15, 0.2) is 0 Å². The molecule has 0 aliphatic rings. The number of hydrogen-bond donors (Lipinski definition) is 3. The van der Waals surface area contributed by atoms with E-state index < -0.39 is 5.82 Å². The van der Waals surface area contributed by atoms with Crippen LogP contribution in [0.5, 0.6) is 0 Å². The number of aliphatic hydroxyl groups is 1. The Hall–Kier alpha value is -1.53. The fourth-order valence-electron chi connectivity index (χ4n) is 2.02. The smallest absolute Gasteiger partial charge is 0.224 e. The summed E-state index contributed by atoms with van der Waals surface area (Å²) in [6, 6.07) is 7.31. The van der Waals surface area contributed by atoms with Gasteiger partial charge in [-0.15, -0.1) is 0 Å². The molecule has 0 atom stereocenters. The molecular formula is C16H14Cl3FN2O2. The van der Waals surface area contributed by atoms with Crippen molar-refractivity contribution >= 4 is 52.1 Å². The molecule has 8 heteroatoms. The summed E-state index contributed by atoms with van der Waals surface area (Å²) in [6.07, 6.45) is -0.149. The number of halogens is 4. The second-order valence-electron chi connectivity index (χ2n) is 4.93. The van der Waals surface area contributed by atoms with E-state index in [-0.39, 0.29) is 31.0 Å². The zero-order chi connectivity index (χ0) is 17.7. The lowest BCUT2D eigenvalue weighted by molar-refractivity contribution is -0.120. The molecule has 3 N–H and O–H groups in total. The zero-order valence-corrected chi connectivity index (χ0v) is 14.6. The Morgan fingerprint density at radius 1 is 1.12 bits per heavy atom. The molecule has 4 nitrogen and oxygen atoms in total. The van der Waals surface area contributed by atoms with Crippen LogP contribution in [0.25, 0.3) is 0 Å². The van der Waals surface area contributed by atoms with Crippen molar-refractivity contribution in [1.82, 2.24) is 5.32 Å². The SMILES string of the molecule is O=C(Cc1cc(Nc2c(Cl)cc(Cl)cc2Cl)ccc1F)NCCO. The number of anilines is 2. The second kappa shape index (κ2) is 8.53. The van der Waals surface area contributed by atoms with E-state index >= 15 is 0 Å². The lowest BCUT2D eigenvalue weighted by Gasteiger charge is -2.13. The molecule has 0 fully saturated rings. The van der Waals surface area contributed by atoms with E-state index in [0.29, 0.717) is 26.4 Å². The minimum atomic E-state index is -0.506. The minimum absolute atomic E-state index is 0.119. The topological polar surface area (TPSA) is 61.4 Å². The van der Waals surface area contributed by atoms with Gasteiger partial charge in [-0.2, -0.15) is 0 Å². The third kappa shape index (κ3) is 4.98. The van der Waals surface area contributed by atoms with Crippen LogP contribution in [-0.2, 0) is 11.2 Å². The first-order valence-corrected chi connectivity index (χ1v) is 8.11. The quantitative estimate of drug-likeness (QED) is 0.692. The summed E-state index contributed by atoms with van der Waals surface area (Å²) in [5.41, 5.74) is 1.16. The summed E-state index contributed by atoms with van der Waals surface area (Å²) in [5, 5.41) is 15.2. The first-order valence-electron chi connectivity index (χ1n) is 6.98. The molecule has 0 radical (unpaired) electrons. The monoisotopic (exact) mass is 390 g/mol. The highest BCUT2D eigenvalue weighted by Crippen LogP contribution is 2.35. The molecule has 0 unspecified atom stereocenters. The van der Waals surface area contributed by atoms with Crippen molar-refractivity contribution in [3.63, 3.8) is 0 Å². The van der Waals surface area contributed by atoms with E-state index in [1.165, 1.54) is 30.3 Å². The van der Waals surface area contributed by atoms with Crippen LogP contribution in [0.2, 0.25) is 15.1 Å². The van der Waals surface area contributed by atoms with Crippen LogP contribution in [0.4, 0.5) is 15.8 Å². The molecule has 2 aromatic carbocycles. The molecular weight excluding hydrogens is 378 g/mol. The molecule has 2 aromatic rings. The molecule has 0 spiro atoms. The van der Waals surface area contributed by atoms with Crippen molar-refractivity contribution in [3.8, 4) is 0 Å². The Kier molecular flexibility index (Phi) is 6.69. The van der Waals surface area contributed by atoms with Gasteiger partial charge in [0.25, 0.3) is 0 Å². The Morgan fingerprint density at radius 3 is 2.42 bits per heavy atom. The van der Waals surface area contributed by atoms with Gasteiger partial charge >= 0.3 is 0 Å². The number of nitrogens with one attached hydrogen (secondary N) is 2. The van der Waals surface area contributed by atoms with Crippen LogP contribution in [0.3, 0.4) is 0 Å². The predicted molar refractivity (Wildman–Crippen MR) is 95.0 cm³/mol. The van der Waals surface area contributed by atoms with E-state index in [1.807, 2.05) is 0 Å². The lowest BCUT2D eigenvalue weighted by Crippen LogP contribution is -2.28. The maximum absolute atomic E-state index is 13.9. The molecule has 1 amide bonds. The van der Waals surface area contributed by atoms with E-state index in [0.717, 1.165) is 0 Å². The van der Waals surface area contributed by atoms with Crippen LogP contribution in [-0.4, -0.2) is 24.2 Å². The van der Waals surface area contributed by atoms with Crippen LogP contribution in [0.15, 0.2) is 30.3 Å². The van der Waals surface area contributed by atoms with E-state index in [1.54, 1.807) is 0 Å². The summed E-state index contributed by atoms with van der Waals surface area (Å²) in [4.78, 5) is 11.7. The van der Waals surface area contributed by atoms with Crippen LogP contribution >= 0.6 is 34.8 Å². The van der Waals surface area contributed by atoms with Gasteiger partial charge in [0.2, 0.25) is 5.91 Å². The largest absolute Gasteiger partial charge is 0.395 e. The maximum Gasteiger partial charge on any atom is 0.224 e.